The minimum absolute atomic E-state index is 0.0989. The highest BCUT2D eigenvalue weighted by molar-refractivity contribution is 8.14. The Morgan fingerprint density at radius 1 is 1.05 bits per heavy atom. The molecule has 0 heterocycles. The van der Waals surface area contributed by atoms with Crippen LogP contribution in [-0.4, -0.2) is 35.6 Å². The van der Waals surface area contributed by atoms with Crippen molar-refractivity contribution in [3.05, 3.63) is 35.9 Å². The highest BCUT2D eigenvalue weighted by atomic mass is 32.2. The van der Waals surface area contributed by atoms with Crippen LogP contribution in [0.25, 0.3) is 0 Å². The lowest BCUT2D eigenvalue weighted by atomic mass is 10.1. The number of thioether (sulfide) groups is 1. The molecule has 0 saturated carbocycles. The Morgan fingerprint density at radius 3 is 2.18 bits per heavy atom. The van der Waals surface area contributed by atoms with Crippen LogP contribution in [-0.2, 0) is 0 Å². The Hall–Kier alpha value is -1.18. The molecule has 0 radical (unpaired) electrons. The molecule has 1 nitrogen and oxygen atoms in total. The normalized spacial score (nSPS) is 16.1. The summed E-state index contributed by atoms with van der Waals surface area (Å²) < 4.78 is 74.9. The molecule has 8 heteroatoms. The SMILES string of the molecule is O=C(SCCC(F)C(F)CC(F)C(F)(F)F)c1ccccc1. The zero-order valence-electron chi connectivity index (χ0n) is 11.3. The first-order valence-electron chi connectivity index (χ1n) is 6.43. The Morgan fingerprint density at radius 2 is 1.64 bits per heavy atom. The maximum atomic E-state index is 13.4. The number of benzene rings is 1. The third-order valence-electron chi connectivity index (χ3n) is 2.82. The van der Waals surface area contributed by atoms with E-state index in [0.717, 1.165) is 11.8 Å². The second-order valence-electron chi connectivity index (χ2n) is 4.57. The third-order valence-corrected chi connectivity index (χ3v) is 3.75. The van der Waals surface area contributed by atoms with Crippen molar-refractivity contribution in [3.63, 3.8) is 0 Å². The Bertz CT molecular complexity index is 464. The minimum atomic E-state index is -5.19. The largest absolute Gasteiger partial charge is 0.419 e. The number of carbonyl (C=O) groups is 1. The van der Waals surface area contributed by atoms with Crippen LogP contribution in [0.15, 0.2) is 30.3 Å². The molecule has 0 aliphatic carbocycles. The van der Waals surface area contributed by atoms with E-state index in [0.29, 0.717) is 5.56 Å². The molecular weight excluding hydrogens is 330 g/mol. The molecule has 3 unspecified atom stereocenters. The lowest BCUT2D eigenvalue weighted by Gasteiger charge is -2.17. The number of hydrogen-bond acceptors (Lipinski definition) is 2. The van der Waals surface area contributed by atoms with Gasteiger partial charge in [0.1, 0.15) is 12.3 Å². The van der Waals surface area contributed by atoms with Crippen molar-refractivity contribution in [1.29, 1.82) is 0 Å². The van der Waals surface area contributed by atoms with Gasteiger partial charge in [0.25, 0.3) is 0 Å². The fraction of sp³-hybridized carbons (Fsp3) is 0.500. The summed E-state index contributed by atoms with van der Waals surface area (Å²) in [7, 11) is 0. The topological polar surface area (TPSA) is 17.1 Å². The molecule has 0 bridgehead atoms. The predicted octanol–water partition coefficient (Wildman–Crippen LogP) is 4.92. The highest BCUT2D eigenvalue weighted by Crippen LogP contribution is 2.29. The van der Waals surface area contributed by atoms with E-state index in [2.05, 4.69) is 0 Å². The summed E-state index contributed by atoms with van der Waals surface area (Å²) in [5.74, 6) is -0.0989. The summed E-state index contributed by atoms with van der Waals surface area (Å²) in [5, 5.41) is -0.345. The summed E-state index contributed by atoms with van der Waals surface area (Å²) in [6, 6.07) is 8.10. The monoisotopic (exact) mass is 344 g/mol. The van der Waals surface area contributed by atoms with Crippen LogP contribution in [0.4, 0.5) is 26.3 Å². The van der Waals surface area contributed by atoms with Gasteiger partial charge < -0.3 is 0 Å². The molecule has 0 fully saturated rings. The molecule has 0 spiro atoms. The van der Waals surface area contributed by atoms with Crippen LogP contribution in [0.5, 0.6) is 0 Å². The lowest BCUT2D eigenvalue weighted by Crippen LogP contribution is -2.31. The zero-order valence-corrected chi connectivity index (χ0v) is 12.1. The van der Waals surface area contributed by atoms with Crippen molar-refractivity contribution in [2.45, 2.75) is 37.5 Å². The molecule has 1 aromatic rings. The Balaban J connectivity index is 2.33. The molecule has 124 valence electrons. The molecular formula is C14H14F6OS. The fourth-order valence-electron chi connectivity index (χ4n) is 1.58. The molecule has 22 heavy (non-hydrogen) atoms. The van der Waals surface area contributed by atoms with E-state index in [4.69, 9.17) is 0 Å². The number of hydrogen-bond donors (Lipinski definition) is 0. The predicted molar refractivity (Wildman–Crippen MR) is 73.2 cm³/mol. The van der Waals surface area contributed by atoms with Crippen LogP contribution >= 0.6 is 11.8 Å². The molecule has 3 atom stereocenters. The molecule has 0 aliphatic rings. The first-order valence-corrected chi connectivity index (χ1v) is 7.41. The maximum Gasteiger partial charge on any atom is 0.419 e. The second-order valence-corrected chi connectivity index (χ2v) is 5.64. The van der Waals surface area contributed by atoms with Crippen LogP contribution in [0.1, 0.15) is 23.2 Å². The quantitative estimate of drug-likeness (QED) is 0.653. The fourth-order valence-corrected chi connectivity index (χ4v) is 2.41. The average Bonchev–Trinajstić information content (AvgIpc) is 2.46. The van der Waals surface area contributed by atoms with Crippen LogP contribution < -0.4 is 0 Å². The summed E-state index contributed by atoms with van der Waals surface area (Å²) >= 11 is 0.738. The van der Waals surface area contributed by atoms with E-state index in [1.807, 2.05) is 0 Å². The Kier molecular flexibility index (Phi) is 7.25. The van der Waals surface area contributed by atoms with Gasteiger partial charge in [0.2, 0.25) is 5.12 Å². The van der Waals surface area contributed by atoms with Crippen molar-refractivity contribution in [2.24, 2.45) is 0 Å². The first kappa shape index (κ1) is 18.9. The van der Waals surface area contributed by atoms with E-state index in [1.165, 1.54) is 0 Å². The summed E-state index contributed by atoms with van der Waals surface area (Å²) in [6.45, 7) is 0. The van der Waals surface area contributed by atoms with Gasteiger partial charge >= 0.3 is 6.18 Å². The molecule has 0 aromatic heterocycles. The summed E-state index contributed by atoms with van der Waals surface area (Å²) in [6.07, 6.45) is -15.4. The molecule has 0 amide bonds. The Labute approximate surface area is 128 Å². The third kappa shape index (κ3) is 6.29. The van der Waals surface area contributed by atoms with Crippen molar-refractivity contribution in [2.75, 3.05) is 5.75 Å². The van der Waals surface area contributed by atoms with E-state index in [1.54, 1.807) is 30.3 Å². The van der Waals surface area contributed by atoms with Gasteiger partial charge in [-0.15, -0.1) is 0 Å². The van der Waals surface area contributed by atoms with Gasteiger partial charge in [0, 0.05) is 17.7 Å². The van der Waals surface area contributed by atoms with Gasteiger partial charge in [-0.05, 0) is 6.42 Å². The van der Waals surface area contributed by atoms with Gasteiger partial charge in [-0.2, -0.15) is 13.2 Å². The van der Waals surface area contributed by atoms with E-state index >= 15 is 0 Å². The van der Waals surface area contributed by atoms with Gasteiger partial charge in [0.15, 0.2) is 6.17 Å². The van der Waals surface area contributed by atoms with E-state index in [9.17, 15) is 31.1 Å². The van der Waals surface area contributed by atoms with Crippen LogP contribution in [0.2, 0.25) is 0 Å². The van der Waals surface area contributed by atoms with Crippen LogP contribution in [0.3, 0.4) is 0 Å². The number of alkyl halides is 6. The zero-order chi connectivity index (χ0) is 16.8. The van der Waals surface area contributed by atoms with Crippen LogP contribution in [0, 0.1) is 0 Å². The van der Waals surface area contributed by atoms with Gasteiger partial charge in [-0.3, -0.25) is 4.79 Å². The highest BCUT2D eigenvalue weighted by Gasteiger charge is 2.42. The number of carbonyl (C=O) groups excluding carboxylic acids is 1. The van der Waals surface area contributed by atoms with Gasteiger partial charge in [0.05, 0.1) is 0 Å². The van der Waals surface area contributed by atoms with E-state index in [-0.39, 0.29) is 10.9 Å². The van der Waals surface area contributed by atoms with Crippen molar-refractivity contribution < 1.29 is 31.1 Å². The minimum Gasteiger partial charge on any atom is -0.282 e. The van der Waals surface area contributed by atoms with Crippen molar-refractivity contribution in [3.8, 4) is 0 Å². The van der Waals surface area contributed by atoms with E-state index < -0.39 is 37.5 Å². The smallest absolute Gasteiger partial charge is 0.282 e. The van der Waals surface area contributed by atoms with Crippen molar-refractivity contribution in [1.82, 2.24) is 0 Å². The first-order chi connectivity index (χ1) is 10.2. The lowest BCUT2D eigenvalue weighted by molar-refractivity contribution is -0.186. The summed E-state index contributed by atoms with van der Waals surface area (Å²) in [4.78, 5) is 11.6. The maximum absolute atomic E-state index is 13.4. The average molecular weight is 344 g/mol. The van der Waals surface area contributed by atoms with Crippen molar-refractivity contribution >= 4 is 16.9 Å². The molecule has 0 aliphatic heterocycles. The molecule has 0 N–H and O–H groups in total. The second kappa shape index (κ2) is 8.45. The number of halogens is 6. The molecule has 0 saturated heterocycles. The standard InChI is InChI=1S/C14H14F6OS/c15-10(11(16)8-12(17)14(18,19)20)6-7-22-13(21)9-4-2-1-3-5-9/h1-5,10-12H,6-8H2. The van der Waals surface area contributed by atoms with Gasteiger partial charge in [-0.25, -0.2) is 13.2 Å². The van der Waals surface area contributed by atoms with Gasteiger partial charge in [-0.1, -0.05) is 42.1 Å². The number of rotatable bonds is 7. The molecule has 1 aromatic carbocycles. The molecule has 1 rings (SSSR count). The summed E-state index contributed by atoms with van der Waals surface area (Å²) in [5.41, 5.74) is 0.389.